The molecule has 8 heteroatoms. The van der Waals surface area contributed by atoms with E-state index in [0.717, 1.165) is 18.3 Å². The number of ether oxygens (including phenoxy) is 2. The maximum atomic E-state index is 12.6. The summed E-state index contributed by atoms with van der Waals surface area (Å²) >= 11 is 0. The summed E-state index contributed by atoms with van der Waals surface area (Å²) in [4.78, 5) is 17.4. The van der Waals surface area contributed by atoms with Crippen LogP contribution < -0.4 is 4.74 Å². The Morgan fingerprint density at radius 3 is 2.65 bits per heavy atom. The highest BCUT2D eigenvalue weighted by Gasteiger charge is 2.33. The van der Waals surface area contributed by atoms with Crippen molar-refractivity contribution in [2.75, 3.05) is 26.3 Å². The van der Waals surface area contributed by atoms with Gasteiger partial charge in [0.15, 0.2) is 0 Å². The molecule has 1 aromatic heterocycles. The monoisotopic (exact) mass is 366 g/mol. The van der Waals surface area contributed by atoms with E-state index in [2.05, 4.69) is 4.98 Å². The zero-order chi connectivity index (χ0) is 18.6. The molecule has 26 heavy (non-hydrogen) atoms. The van der Waals surface area contributed by atoms with E-state index in [9.17, 15) is 18.0 Å². The largest absolute Gasteiger partial charge is 0.491 e. The van der Waals surface area contributed by atoms with Crippen LogP contribution >= 0.6 is 0 Å². The number of alkyl halides is 3. The van der Waals surface area contributed by atoms with Crippen molar-refractivity contribution < 1.29 is 27.4 Å². The summed E-state index contributed by atoms with van der Waals surface area (Å²) in [5, 5.41) is 0. The molecule has 1 fully saturated rings. The molecule has 2 heterocycles. The molecule has 0 spiro atoms. The van der Waals surface area contributed by atoms with Gasteiger partial charge in [-0.1, -0.05) is 18.2 Å². The summed E-state index contributed by atoms with van der Waals surface area (Å²) in [7, 11) is 0. The maximum absolute atomic E-state index is 12.6. The van der Waals surface area contributed by atoms with Gasteiger partial charge in [0, 0.05) is 12.7 Å². The number of rotatable bonds is 4. The highest BCUT2D eigenvalue weighted by molar-refractivity contribution is 5.94. The van der Waals surface area contributed by atoms with Crippen LogP contribution in [0.5, 0.6) is 5.75 Å². The molecule has 1 unspecified atom stereocenters. The Bertz CT molecular complexity index is 736. The molecule has 1 aliphatic rings. The molecule has 138 valence electrons. The van der Waals surface area contributed by atoms with E-state index in [0.29, 0.717) is 25.4 Å². The van der Waals surface area contributed by atoms with Crippen LogP contribution in [0.25, 0.3) is 0 Å². The first-order chi connectivity index (χ1) is 12.4. The van der Waals surface area contributed by atoms with Crippen molar-refractivity contribution in [3.8, 4) is 5.75 Å². The second kappa shape index (κ2) is 7.74. The lowest BCUT2D eigenvalue weighted by molar-refractivity contribution is -0.141. The third-order valence-corrected chi connectivity index (χ3v) is 3.91. The average molecular weight is 366 g/mol. The Balaban J connectivity index is 1.59. The van der Waals surface area contributed by atoms with Gasteiger partial charge < -0.3 is 14.4 Å². The number of nitrogens with zero attached hydrogens (tertiary/aromatic N) is 2. The summed E-state index contributed by atoms with van der Waals surface area (Å²) < 4.78 is 48.9. The molecule has 0 aliphatic carbocycles. The lowest BCUT2D eigenvalue weighted by Gasteiger charge is -2.32. The van der Waals surface area contributed by atoms with Crippen LogP contribution in [0.3, 0.4) is 0 Å². The molecule has 2 aromatic rings. The first-order valence-corrected chi connectivity index (χ1v) is 8.05. The number of halogens is 3. The van der Waals surface area contributed by atoms with Crippen LogP contribution in [0.2, 0.25) is 0 Å². The Kier molecular flexibility index (Phi) is 5.41. The van der Waals surface area contributed by atoms with E-state index in [1.165, 1.54) is 4.90 Å². The number of aromatic nitrogens is 1. The van der Waals surface area contributed by atoms with Gasteiger partial charge in [0.05, 0.1) is 18.7 Å². The van der Waals surface area contributed by atoms with Crippen LogP contribution in [0, 0.1) is 0 Å². The fourth-order valence-electron chi connectivity index (χ4n) is 2.58. The molecule has 1 saturated heterocycles. The van der Waals surface area contributed by atoms with Gasteiger partial charge in [-0.3, -0.25) is 9.78 Å². The Morgan fingerprint density at radius 1 is 1.23 bits per heavy atom. The molecule has 5 nitrogen and oxygen atoms in total. The van der Waals surface area contributed by atoms with Crippen LogP contribution in [0.15, 0.2) is 48.7 Å². The van der Waals surface area contributed by atoms with Gasteiger partial charge in [0.1, 0.15) is 24.2 Å². The quantitative estimate of drug-likeness (QED) is 0.835. The number of carbonyl (C=O) groups excluding carboxylic acids is 1. The molecule has 1 amide bonds. The number of amides is 1. The van der Waals surface area contributed by atoms with Crippen molar-refractivity contribution in [2.45, 2.75) is 12.3 Å². The van der Waals surface area contributed by atoms with Crippen LogP contribution in [0.4, 0.5) is 13.2 Å². The minimum absolute atomic E-state index is 0.114. The number of pyridine rings is 1. The van der Waals surface area contributed by atoms with Gasteiger partial charge in [-0.25, -0.2) is 0 Å². The predicted octanol–water partition coefficient (Wildman–Crippen LogP) is 3.02. The van der Waals surface area contributed by atoms with Crippen LogP contribution in [-0.2, 0) is 10.9 Å². The molecule has 1 aliphatic heterocycles. The lowest BCUT2D eigenvalue weighted by atomic mass is 10.2. The van der Waals surface area contributed by atoms with E-state index in [4.69, 9.17) is 9.47 Å². The normalized spacial score (nSPS) is 17.8. The van der Waals surface area contributed by atoms with Crippen molar-refractivity contribution in [1.29, 1.82) is 0 Å². The Labute approximate surface area is 148 Å². The molecular weight excluding hydrogens is 349 g/mol. The number of morpholine rings is 1. The molecule has 0 radical (unpaired) electrons. The summed E-state index contributed by atoms with van der Waals surface area (Å²) in [6, 6.07) is 11.2. The second-order valence-electron chi connectivity index (χ2n) is 5.80. The highest BCUT2D eigenvalue weighted by atomic mass is 19.4. The number of para-hydroxylation sites is 1. The molecule has 0 saturated carbocycles. The second-order valence-corrected chi connectivity index (χ2v) is 5.80. The first kappa shape index (κ1) is 18.2. The summed E-state index contributed by atoms with van der Waals surface area (Å²) in [5.41, 5.74) is -0.909. The van der Waals surface area contributed by atoms with E-state index in [1.54, 1.807) is 0 Å². The van der Waals surface area contributed by atoms with Crippen molar-refractivity contribution >= 4 is 5.91 Å². The van der Waals surface area contributed by atoms with Crippen molar-refractivity contribution in [3.05, 3.63) is 59.9 Å². The molecule has 0 bridgehead atoms. The van der Waals surface area contributed by atoms with Crippen molar-refractivity contribution in [2.24, 2.45) is 0 Å². The number of benzene rings is 1. The zero-order valence-electron chi connectivity index (χ0n) is 13.8. The SMILES string of the molecule is O=C(c1ccc(C(F)(F)F)nc1)N1CCOC(COc2ccccc2)C1. The number of hydrogen-bond donors (Lipinski definition) is 0. The molecule has 3 rings (SSSR count). The van der Waals surface area contributed by atoms with Crippen LogP contribution in [0.1, 0.15) is 16.1 Å². The van der Waals surface area contributed by atoms with Crippen molar-refractivity contribution in [3.63, 3.8) is 0 Å². The Morgan fingerprint density at radius 2 is 2.00 bits per heavy atom. The van der Waals surface area contributed by atoms with Gasteiger partial charge in [-0.2, -0.15) is 13.2 Å². The van der Waals surface area contributed by atoms with E-state index >= 15 is 0 Å². The molecule has 1 atom stereocenters. The standard InChI is InChI=1S/C18H17F3N2O3/c19-18(20,21)16-7-6-13(10-22-16)17(24)23-8-9-25-15(11-23)12-26-14-4-2-1-3-5-14/h1-7,10,15H,8-9,11-12H2. The van der Waals surface area contributed by atoms with E-state index in [1.807, 2.05) is 30.3 Å². The number of carbonyl (C=O) groups is 1. The summed E-state index contributed by atoms with van der Waals surface area (Å²) in [6.45, 7) is 1.27. The van der Waals surface area contributed by atoms with Gasteiger partial charge in [0.25, 0.3) is 5.91 Å². The lowest BCUT2D eigenvalue weighted by Crippen LogP contribution is -2.47. The van der Waals surface area contributed by atoms with Gasteiger partial charge in [-0.15, -0.1) is 0 Å². The minimum atomic E-state index is -4.53. The zero-order valence-corrected chi connectivity index (χ0v) is 13.8. The third-order valence-electron chi connectivity index (χ3n) is 3.91. The summed E-state index contributed by atoms with van der Waals surface area (Å²) in [6.07, 6.45) is -3.88. The first-order valence-electron chi connectivity index (χ1n) is 8.05. The minimum Gasteiger partial charge on any atom is -0.491 e. The molecule has 1 aromatic carbocycles. The fraction of sp³-hybridized carbons (Fsp3) is 0.333. The summed E-state index contributed by atoms with van der Waals surface area (Å²) in [5.74, 6) is 0.325. The molecule has 0 N–H and O–H groups in total. The van der Waals surface area contributed by atoms with Gasteiger partial charge in [0.2, 0.25) is 0 Å². The topological polar surface area (TPSA) is 51.7 Å². The number of hydrogen-bond acceptors (Lipinski definition) is 4. The van der Waals surface area contributed by atoms with E-state index < -0.39 is 11.9 Å². The van der Waals surface area contributed by atoms with Gasteiger partial charge in [-0.05, 0) is 24.3 Å². The smallest absolute Gasteiger partial charge is 0.433 e. The van der Waals surface area contributed by atoms with Crippen molar-refractivity contribution in [1.82, 2.24) is 9.88 Å². The molecular formula is C18H17F3N2O3. The van der Waals surface area contributed by atoms with Gasteiger partial charge >= 0.3 is 6.18 Å². The maximum Gasteiger partial charge on any atom is 0.433 e. The van der Waals surface area contributed by atoms with Crippen LogP contribution in [-0.4, -0.2) is 48.2 Å². The van der Waals surface area contributed by atoms with E-state index in [-0.39, 0.29) is 24.2 Å². The highest BCUT2D eigenvalue weighted by Crippen LogP contribution is 2.27. The average Bonchev–Trinajstić information content (AvgIpc) is 2.66. The fourth-order valence-corrected chi connectivity index (χ4v) is 2.58. The predicted molar refractivity (Wildman–Crippen MR) is 86.8 cm³/mol. The third kappa shape index (κ3) is 4.51. The Hall–Kier alpha value is -2.61.